The van der Waals surface area contributed by atoms with E-state index >= 15 is 0 Å². The average molecular weight is 372 g/mol. The standard InChI is InChI=1S/C18H24N6O3/c1-2-7-24-17(19-20-21-24)12-22-8-10-23(11-9-22)18(25)16-13-26-14-5-3-4-6-15(14)27-16/h3-6,16H,2,7-13H2,1H3. The lowest BCUT2D eigenvalue weighted by Gasteiger charge is -2.36. The van der Waals surface area contributed by atoms with Gasteiger partial charge in [0.05, 0.1) is 6.54 Å². The molecule has 0 aliphatic carbocycles. The van der Waals surface area contributed by atoms with Crippen molar-refractivity contribution in [3.8, 4) is 11.5 Å². The van der Waals surface area contributed by atoms with Gasteiger partial charge in [-0.2, -0.15) is 0 Å². The van der Waals surface area contributed by atoms with Crippen LogP contribution in [0.15, 0.2) is 24.3 Å². The second-order valence-electron chi connectivity index (χ2n) is 6.78. The van der Waals surface area contributed by atoms with Gasteiger partial charge in [-0.1, -0.05) is 19.1 Å². The van der Waals surface area contributed by atoms with Gasteiger partial charge in [-0.15, -0.1) is 5.10 Å². The van der Waals surface area contributed by atoms with Crippen LogP contribution in [-0.4, -0.2) is 74.8 Å². The van der Waals surface area contributed by atoms with Crippen LogP contribution in [0.2, 0.25) is 0 Å². The van der Waals surface area contributed by atoms with Crippen LogP contribution < -0.4 is 9.47 Å². The number of benzene rings is 1. The lowest BCUT2D eigenvalue weighted by atomic mass is 10.2. The summed E-state index contributed by atoms with van der Waals surface area (Å²) in [5, 5.41) is 11.9. The van der Waals surface area contributed by atoms with Crippen molar-refractivity contribution in [2.75, 3.05) is 32.8 Å². The molecule has 1 amide bonds. The van der Waals surface area contributed by atoms with Gasteiger partial charge in [-0.05, 0) is 29.0 Å². The summed E-state index contributed by atoms with van der Waals surface area (Å²) >= 11 is 0. The Hall–Kier alpha value is -2.68. The van der Waals surface area contributed by atoms with Crippen LogP contribution in [0, 0.1) is 0 Å². The molecule has 1 aromatic heterocycles. The summed E-state index contributed by atoms with van der Waals surface area (Å²) in [7, 11) is 0. The topological polar surface area (TPSA) is 85.6 Å². The lowest BCUT2D eigenvalue weighted by molar-refractivity contribution is -0.143. The van der Waals surface area contributed by atoms with Crippen LogP contribution in [0.1, 0.15) is 19.2 Å². The molecule has 0 bridgehead atoms. The highest BCUT2D eigenvalue weighted by Gasteiger charge is 2.32. The monoisotopic (exact) mass is 372 g/mol. The lowest BCUT2D eigenvalue weighted by Crippen LogP contribution is -2.53. The average Bonchev–Trinajstić information content (AvgIpc) is 3.15. The van der Waals surface area contributed by atoms with E-state index < -0.39 is 6.10 Å². The summed E-state index contributed by atoms with van der Waals surface area (Å²) in [5.41, 5.74) is 0. The summed E-state index contributed by atoms with van der Waals surface area (Å²) in [6.45, 7) is 6.77. The summed E-state index contributed by atoms with van der Waals surface area (Å²) in [6.07, 6.45) is 0.413. The highest BCUT2D eigenvalue weighted by Crippen LogP contribution is 2.31. The van der Waals surface area contributed by atoms with Crippen LogP contribution in [0.4, 0.5) is 0 Å². The van der Waals surface area contributed by atoms with Gasteiger partial charge in [-0.25, -0.2) is 4.68 Å². The second kappa shape index (κ2) is 7.91. The minimum absolute atomic E-state index is 0.0139. The van der Waals surface area contributed by atoms with Gasteiger partial charge >= 0.3 is 0 Å². The first-order chi connectivity index (χ1) is 13.2. The van der Waals surface area contributed by atoms with Crippen LogP contribution in [0.5, 0.6) is 11.5 Å². The molecule has 2 aromatic rings. The molecule has 9 heteroatoms. The number of tetrazole rings is 1. The summed E-state index contributed by atoms with van der Waals surface area (Å²) < 4.78 is 13.4. The van der Waals surface area contributed by atoms with Gasteiger partial charge in [0, 0.05) is 32.7 Å². The first-order valence-electron chi connectivity index (χ1n) is 9.39. The Balaban J connectivity index is 1.30. The number of carbonyl (C=O) groups excluding carboxylic acids is 1. The van der Waals surface area contributed by atoms with Crippen molar-refractivity contribution in [2.45, 2.75) is 32.5 Å². The maximum Gasteiger partial charge on any atom is 0.267 e. The zero-order valence-electron chi connectivity index (χ0n) is 15.5. The second-order valence-corrected chi connectivity index (χ2v) is 6.78. The van der Waals surface area contributed by atoms with Crippen LogP contribution in [0.25, 0.3) is 0 Å². The molecule has 1 unspecified atom stereocenters. The molecule has 1 saturated heterocycles. The van der Waals surface area contributed by atoms with E-state index in [-0.39, 0.29) is 12.5 Å². The van der Waals surface area contributed by atoms with Gasteiger partial charge in [0.2, 0.25) is 6.10 Å². The first kappa shape index (κ1) is 17.7. The Morgan fingerprint density at radius 3 is 2.74 bits per heavy atom. The van der Waals surface area contributed by atoms with E-state index in [1.165, 1.54) is 0 Å². The molecule has 3 heterocycles. The highest BCUT2D eigenvalue weighted by atomic mass is 16.6. The third kappa shape index (κ3) is 3.87. The smallest absolute Gasteiger partial charge is 0.267 e. The Morgan fingerprint density at radius 2 is 1.96 bits per heavy atom. The number of fused-ring (bicyclic) bond motifs is 1. The Bertz CT molecular complexity index is 787. The number of piperazine rings is 1. The van der Waals surface area contributed by atoms with Gasteiger partial charge in [0.15, 0.2) is 17.3 Å². The van der Waals surface area contributed by atoms with Crippen molar-refractivity contribution in [1.82, 2.24) is 30.0 Å². The maximum absolute atomic E-state index is 12.8. The molecule has 144 valence electrons. The molecule has 27 heavy (non-hydrogen) atoms. The predicted octanol–water partition coefficient (Wildman–Crippen LogP) is 0.567. The fourth-order valence-corrected chi connectivity index (χ4v) is 3.39. The number of rotatable bonds is 5. The Kier molecular flexibility index (Phi) is 5.19. The van der Waals surface area contributed by atoms with E-state index in [0.29, 0.717) is 31.1 Å². The molecule has 0 radical (unpaired) electrons. The first-order valence-corrected chi connectivity index (χ1v) is 9.39. The molecule has 0 saturated carbocycles. The maximum atomic E-state index is 12.8. The summed E-state index contributed by atoms with van der Waals surface area (Å²) in [6, 6.07) is 7.44. The molecule has 1 aromatic carbocycles. The molecular formula is C18H24N6O3. The van der Waals surface area contributed by atoms with E-state index in [2.05, 4.69) is 27.3 Å². The number of nitrogens with zero attached hydrogens (tertiary/aromatic N) is 6. The fraction of sp³-hybridized carbons (Fsp3) is 0.556. The molecule has 1 atom stereocenters. The molecule has 0 spiro atoms. The van der Waals surface area contributed by atoms with Crippen molar-refractivity contribution in [3.05, 3.63) is 30.1 Å². The number of hydrogen-bond donors (Lipinski definition) is 0. The van der Waals surface area contributed by atoms with Gasteiger partial charge in [0.1, 0.15) is 6.61 Å². The van der Waals surface area contributed by atoms with E-state index in [1.54, 1.807) is 0 Å². The molecule has 1 fully saturated rings. The van der Waals surface area contributed by atoms with Crippen molar-refractivity contribution >= 4 is 5.91 Å². The highest BCUT2D eigenvalue weighted by molar-refractivity contribution is 5.82. The minimum atomic E-state index is -0.580. The minimum Gasteiger partial charge on any atom is -0.485 e. The molecule has 0 N–H and O–H groups in total. The Labute approximate surface area is 157 Å². The number of ether oxygens (including phenoxy) is 2. The van der Waals surface area contributed by atoms with E-state index in [0.717, 1.165) is 31.9 Å². The predicted molar refractivity (Wildman–Crippen MR) is 96.3 cm³/mol. The van der Waals surface area contributed by atoms with E-state index in [9.17, 15) is 4.79 Å². The normalized spacial score (nSPS) is 19.9. The number of aryl methyl sites for hydroxylation is 1. The Morgan fingerprint density at radius 1 is 1.19 bits per heavy atom. The largest absolute Gasteiger partial charge is 0.485 e. The molecule has 2 aliphatic heterocycles. The third-order valence-electron chi connectivity index (χ3n) is 4.87. The van der Waals surface area contributed by atoms with Crippen molar-refractivity contribution < 1.29 is 14.3 Å². The number of para-hydroxylation sites is 2. The molecule has 9 nitrogen and oxygen atoms in total. The zero-order chi connectivity index (χ0) is 18.6. The molecule has 4 rings (SSSR count). The summed E-state index contributed by atoms with van der Waals surface area (Å²) in [5.74, 6) is 2.18. The SMILES string of the molecule is CCCn1nnnc1CN1CCN(C(=O)C2COc3ccccc3O2)CC1. The van der Waals surface area contributed by atoms with Gasteiger partial charge < -0.3 is 14.4 Å². The van der Waals surface area contributed by atoms with Crippen molar-refractivity contribution in [1.29, 1.82) is 0 Å². The fourth-order valence-electron chi connectivity index (χ4n) is 3.39. The van der Waals surface area contributed by atoms with Gasteiger partial charge in [-0.3, -0.25) is 9.69 Å². The zero-order valence-corrected chi connectivity index (χ0v) is 15.5. The number of amides is 1. The van der Waals surface area contributed by atoms with Crippen LogP contribution in [-0.2, 0) is 17.9 Å². The van der Waals surface area contributed by atoms with Crippen LogP contribution >= 0.6 is 0 Å². The number of hydrogen-bond acceptors (Lipinski definition) is 7. The molecule has 2 aliphatic rings. The quantitative estimate of drug-likeness (QED) is 0.758. The van der Waals surface area contributed by atoms with Crippen LogP contribution in [0.3, 0.4) is 0 Å². The number of aromatic nitrogens is 4. The van der Waals surface area contributed by atoms with E-state index in [4.69, 9.17) is 9.47 Å². The third-order valence-corrected chi connectivity index (χ3v) is 4.87. The summed E-state index contributed by atoms with van der Waals surface area (Å²) in [4.78, 5) is 16.9. The van der Waals surface area contributed by atoms with Gasteiger partial charge in [0.25, 0.3) is 5.91 Å². The van der Waals surface area contributed by atoms with Crippen molar-refractivity contribution in [3.63, 3.8) is 0 Å². The van der Waals surface area contributed by atoms with E-state index in [1.807, 2.05) is 33.8 Å². The molecular weight excluding hydrogens is 348 g/mol. The number of carbonyl (C=O) groups is 1. The van der Waals surface area contributed by atoms with Crippen molar-refractivity contribution in [2.24, 2.45) is 0 Å².